The van der Waals surface area contributed by atoms with E-state index in [1.54, 1.807) is 24.3 Å². The Bertz CT molecular complexity index is 781. The summed E-state index contributed by atoms with van der Waals surface area (Å²) in [4.78, 5) is 34.8. The molecule has 1 aromatic carbocycles. The molecule has 35 heavy (non-hydrogen) atoms. The maximum Gasteiger partial charge on any atom is 0.253 e. The number of imide groups is 1. The molecule has 1 aliphatic rings. The van der Waals surface area contributed by atoms with Crippen molar-refractivity contribution in [1.29, 1.82) is 0 Å². The summed E-state index contributed by atoms with van der Waals surface area (Å²) in [7, 11) is 0. The monoisotopic (exact) mass is 494 g/mol. The van der Waals surface area contributed by atoms with Crippen molar-refractivity contribution in [2.45, 2.75) is 6.92 Å². The third kappa shape index (κ3) is 13.0. The molecule has 1 N–H and O–H groups in total. The summed E-state index contributed by atoms with van der Waals surface area (Å²) in [5.41, 5.74) is 0.724. The average molecular weight is 495 g/mol. The number of rotatable bonds is 20. The molecule has 0 fully saturated rings. The molecule has 0 spiro atoms. The fourth-order valence-electron chi connectivity index (χ4n) is 2.85. The molecule has 0 saturated carbocycles. The number of hydrogen-bond acceptors (Lipinski definition) is 9. The molecule has 1 aliphatic heterocycles. The van der Waals surface area contributed by atoms with Crippen molar-refractivity contribution in [1.82, 2.24) is 4.90 Å². The van der Waals surface area contributed by atoms with Crippen LogP contribution in [0.1, 0.15) is 6.92 Å². The van der Waals surface area contributed by atoms with Gasteiger partial charge in [-0.05, 0) is 24.3 Å². The van der Waals surface area contributed by atoms with Crippen LogP contribution in [0.25, 0.3) is 0 Å². The van der Waals surface area contributed by atoms with Crippen LogP contribution in [0.3, 0.4) is 0 Å². The van der Waals surface area contributed by atoms with Gasteiger partial charge in [0.2, 0.25) is 5.91 Å². The smallest absolute Gasteiger partial charge is 0.253 e. The van der Waals surface area contributed by atoms with Crippen LogP contribution in [0.2, 0.25) is 0 Å². The first kappa shape index (κ1) is 28.4. The zero-order valence-electron chi connectivity index (χ0n) is 20.1. The molecule has 0 atom stereocenters. The number of benzene rings is 1. The summed E-state index contributed by atoms with van der Waals surface area (Å²) in [6, 6.07) is 7.13. The van der Waals surface area contributed by atoms with Crippen molar-refractivity contribution in [3.8, 4) is 5.75 Å². The third-order valence-electron chi connectivity index (χ3n) is 4.52. The topological polar surface area (TPSA) is 122 Å². The lowest BCUT2D eigenvalue weighted by molar-refractivity contribution is -0.137. The Hall–Kier alpha value is -2.83. The largest absolute Gasteiger partial charge is 0.491 e. The van der Waals surface area contributed by atoms with E-state index in [2.05, 4.69) is 5.32 Å². The lowest BCUT2D eigenvalue weighted by atomic mass is 10.3. The number of amides is 3. The average Bonchev–Trinajstić information content (AvgIpc) is 3.16. The number of nitrogens with zero attached hydrogens (tertiary/aromatic N) is 1. The van der Waals surface area contributed by atoms with Gasteiger partial charge < -0.3 is 33.7 Å². The van der Waals surface area contributed by atoms with E-state index in [0.29, 0.717) is 71.8 Å². The summed E-state index contributed by atoms with van der Waals surface area (Å²) in [5, 5.41) is 2.70. The van der Waals surface area contributed by atoms with Crippen LogP contribution in [0, 0.1) is 0 Å². The van der Waals surface area contributed by atoms with Crippen LogP contribution in [0.4, 0.5) is 5.69 Å². The van der Waals surface area contributed by atoms with Crippen LogP contribution in [-0.4, -0.2) is 102 Å². The van der Waals surface area contributed by atoms with Crippen molar-refractivity contribution in [2.75, 3.05) is 84.5 Å². The number of hydrogen-bond donors (Lipinski definition) is 1. The SMILES string of the molecule is CC(=O)Nc1ccc(OCCOCCOCCOCCOCCOCCN2C(=O)C=CC2=O)cc1. The molecule has 0 bridgehead atoms. The normalized spacial score (nSPS) is 13.0. The Labute approximate surface area is 205 Å². The van der Waals surface area contributed by atoms with Crippen molar-refractivity contribution in [3.05, 3.63) is 36.4 Å². The Kier molecular flexibility index (Phi) is 14.3. The van der Waals surface area contributed by atoms with Crippen LogP contribution < -0.4 is 10.1 Å². The van der Waals surface area contributed by atoms with E-state index in [9.17, 15) is 14.4 Å². The van der Waals surface area contributed by atoms with Crippen molar-refractivity contribution >= 4 is 23.4 Å². The van der Waals surface area contributed by atoms with Gasteiger partial charge in [0.05, 0.1) is 72.6 Å². The molecule has 1 aromatic rings. The predicted octanol–water partition coefficient (Wildman–Crippen LogP) is 1.03. The summed E-state index contributed by atoms with van der Waals surface area (Å²) >= 11 is 0. The Balaban J connectivity index is 1.27. The van der Waals surface area contributed by atoms with Gasteiger partial charge in [-0.25, -0.2) is 0 Å². The summed E-state index contributed by atoms with van der Waals surface area (Å²) in [6.07, 6.45) is 2.50. The van der Waals surface area contributed by atoms with Gasteiger partial charge in [-0.15, -0.1) is 0 Å². The standard InChI is InChI=1S/C24H34N2O9/c1-20(27)25-21-2-4-22(5-3-21)35-19-18-34-17-16-33-15-14-32-13-12-31-11-10-30-9-8-26-23(28)6-7-24(26)29/h2-7H,8-19H2,1H3,(H,25,27). The number of carbonyl (C=O) groups is 3. The molecule has 11 heteroatoms. The van der Waals surface area contributed by atoms with E-state index in [-0.39, 0.29) is 30.9 Å². The number of carbonyl (C=O) groups excluding carboxylic acids is 3. The highest BCUT2D eigenvalue weighted by Gasteiger charge is 2.22. The number of anilines is 1. The number of nitrogens with one attached hydrogen (secondary N) is 1. The quantitative estimate of drug-likeness (QED) is 0.209. The summed E-state index contributed by atoms with van der Waals surface area (Å²) in [5.74, 6) is -0.0227. The van der Waals surface area contributed by atoms with E-state index in [4.69, 9.17) is 28.4 Å². The molecule has 2 rings (SSSR count). The second kappa shape index (κ2) is 17.6. The molecule has 0 radical (unpaired) electrons. The fraction of sp³-hybridized carbons (Fsp3) is 0.542. The van der Waals surface area contributed by atoms with Gasteiger partial charge in [-0.3, -0.25) is 19.3 Å². The molecule has 0 aromatic heterocycles. The zero-order valence-corrected chi connectivity index (χ0v) is 20.1. The van der Waals surface area contributed by atoms with Gasteiger partial charge >= 0.3 is 0 Å². The van der Waals surface area contributed by atoms with Crippen LogP contribution in [-0.2, 0) is 38.1 Å². The van der Waals surface area contributed by atoms with Crippen LogP contribution in [0.5, 0.6) is 5.75 Å². The minimum absolute atomic E-state index is 0.114. The first-order valence-electron chi connectivity index (χ1n) is 11.5. The zero-order chi connectivity index (χ0) is 25.1. The van der Waals surface area contributed by atoms with Gasteiger partial charge in [-0.1, -0.05) is 0 Å². The van der Waals surface area contributed by atoms with E-state index in [0.717, 1.165) is 10.6 Å². The lowest BCUT2D eigenvalue weighted by Gasteiger charge is -2.13. The maximum absolute atomic E-state index is 11.4. The molecule has 0 aliphatic carbocycles. The molecule has 194 valence electrons. The molecular weight excluding hydrogens is 460 g/mol. The molecule has 3 amide bonds. The fourth-order valence-corrected chi connectivity index (χ4v) is 2.85. The molecule has 1 heterocycles. The highest BCUT2D eigenvalue weighted by atomic mass is 16.6. The van der Waals surface area contributed by atoms with E-state index < -0.39 is 0 Å². The summed E-state index contributed by atoms with van der Waals surface area (Å²) < 4.78 is 32.6. The van der Waals surface area contributed by atoms with E-state index >= 15 is 0 Å². The lowest BCUT2D eigenvalue weighted by Crippen LogP contribution is -2.33. The number of ether oxygens (including phenoxy) is 6. The molecule has 0 saturated heterocycles. The summed E-state index contributed by atoms with van der Waals surface area (Å²) in [6.45, 7) is 6.37. The van der Waals surface area contributed by atoms with Gasteiger partial charge in [0.25, 0.3) is 11.8 Å². The van der Waals surface area contributed by atoms with Gasteiger partial charge in [0.15, 0.2) is 0 Å². The van der Waals surface area contributed by atoms with Crippen molar-refractivity contribution in [3.63, 3.8) is 0 Å². The highest BCUT2D eigenvalue weighted by Crippen LogP contribution is 2.15. The molecule has 11 nitrogen and oxygen atoms in total. The minimum Gasteiger partial charge on any atom is -0.491 e. The van der Waals surface area contributed by atoms with Crippen molar-refractivity contribution in [2.24, 2.45) is 0 Å². The molecule has 0 unspecified atom stereocenters. The first-order chi connectivity index (χ1) is 17.1. The van der Waals surface area contributed by atoms with E-state index in [1.165, 1.54) is 19.1 Å². The second-order valence-electron chi connectivity index (χ2n) is 7.28. The van der Waals surface area contributed by atoms with E-state index in [1.807, 2.05) is 0 Å². The highest BCUT2D eigenvalue weighted by molar-refractivity contribution is 6.12. The minimum atomic E-state index is -0.308. The Morgan fingerprint density at radius 3 is 1.57 bits per heavy atom. The molecular formula is C24H34N2O9. The van der Waals surface area contributed by atoms with Gasteiger partial charge in [0.1, 0.15) is 12.4 Å². The predicted molar refractivity (Wildman–Crippen MR) is 126 cm³/mol. The Morgan fingerprint density at radius 2 is 1.11 bits per heavy atom. The first-order valence-corrected chi connectivity index (χ1v) is 11.5. The third-order valence-corrected chi connectivity index (χ3v) is 4.52. The maximum atomic E-state index is 11.4. The van der Waals surface area contributed by atoms with Gasteiger partial charge in [0, 0.05) is 24.8 Å². The second-order valence-corrected chi connectivity index (χ2v) is 7.28. The van der Waals surface area contributed by atoms with Crippen LogP contribution in [0.15, 0.2) is 36.4 Å². The van der Waals surface area contributed by atoms with Crippen molar-refractivity contribution < 1.29 is 42.8 Å². The van der Waals surface area contributed by atoms with Crippen LogP contribution >= 0.6 is 0 Å². The Morgan fingerprint density at radius 1 is 0.686 bits per heavy atom. The van der Waals surface area contributed by atoms with Gasteiger partial charge in [-0.2, -0.15) is 0 Å².